The third kappa shape index (κ3) is 2.74. The summed E-state index contributed by atoms with van der Waals surface area (Å²) in [7, 11) is 0. The SMILES string of the molecule is Cc1cccc(NC(=O)c2ccc(=O)oc2)c1C(=O)O. The molecule has 1 aromatic heterocycles. The second kappa shape index (κ2) is 5.40. The number of aryl methyl sites for hydroxylation is 1. The predicted octanol–water partition coefficient (Wildman–Crippen LogP) is 1.90. The summed E-state index contributed by atoms with van der Waals surface area (Å²) in [6.45, 7) is 1.64. The number of nitrogens with one attached hydrogen (secondary N) is 1. The van der Waals surface area contributed by atoms with Crippen molar-refractivity contribution in [3.8, 4) is 0 Å². The molecule has 0 bridgehead atoms. The molecule has 0 fully saturated rings. The van der Waals surface area contributed by atoms with Crippen molar-refractivity contribution in [2.45, 2.75) is 6.92 Å². The molecule has 0 aliphatic rings. The Morgan fingerprint density at radius 3 is 2.55 bits per heavy atom. The number of hydrogen-bond donors (Lipinski definition) is 2. The average molecular weight is 273 g/mol. The maximum Gasteiger partial charge on any atom is 0.338 e. The highest BCUT2D eigenvalue weighted by atomic mass is 16.4. The molecule has 20 heavy (non-hydrogen) atoms. The minimum absolute atomic E-state index is 0.0261. The van der Waals surface area contributed by atoms with Crippen molar-refractivity contribution >= 4 is 17.6 Å². The van der Waals surface area contributed by atoms with E-state index in [9.17, 15) is 14.4 Å². The molecule has 1 amide bonds. The monoisotopic (exact) mass is 273 g/mol. The summed E-state index contributed by atoms with van der Waals surface area (Å²) in [5, 5.41) is 11.6. The van der Waals surface area contributed by atoms with Crippen LogP contribution in [0.25, 0.3) is 0 Å². The molecular formula is C14H11NO5. The number of carbonyl (C=O) groups is 2. The second-order valence-electron chi connectivity index (χ2n) is 4.10. The Labute approximate surface area is 113 Å². The van der Waals surface area contributed by atoms with Gasteiger partial charge >= 0.3 is 11.6 Å². The van der Waals surface area contributed by atoms with Crippen LogP contribution in [0.5, 0.6) is 0 Å². The van der Waals surface area contributed by atoms with Gasteiger partial charge in [0.25, 0.3) is 5.91 Å². The highest BCUT2D eigenvalue weighted by Crippen LogP contribution is 2.20. The number of anilines is 1. The molecule has 0 atom stereocenters. The highest BCUT2D eigenvalue weighted by molar-refractivity contribution is 6.07. The standard InChI is InChI=1S/C14H11NO5/c1-8-3-2-4-10(12(8)14(18)19)15-13(17)9-5-6-11(16)20-7-9/h2-7H,1H3,(H,15,17)(H,18,19). The van der Waals surface area contributed by atoms with Gasteiger partial charge in [0.15, 0.2) is 0 Å². The summed E-state index contributed by atoms with van der Waals surface area (Å²) < 4.78 is 4.59. The molecule has 0 saturated carbocycles. The number of amides is 1. The van der Waals surface area contributed by atoms with Crippen LogP contribution in [0.1, 0.15) is 26.3 Å². The Morgan fingerprint density at radius 1 is 1.20 bits per heavy atom. The van der Waals surface area contributed by atoms with E-state index in [1.54, 1.807) is 19.1 Å². The highest BCUT2D eigenvalue weighted by Gasteiger charge is 2.15. The van der Waals surface area contributed by atoms with Gasteiger partial charge in [0.1, 0.15) is 6.26 Å². The van der Waals surface area contributed by atoms with Crippen molar-refractivity contribution in [3.63, 3.8) is 0 Å². The lowest BCUT2D eigenvalue weighted by Crippen LogP contribution is -2.16. The lowest BCUT2D eigenvalue weighted by atomic mass is 10.1. The maximum atomic E-state index is 11.9. The third-order valence-electron chi connectivity index (χ3n) is 2.70. The van der Waals surface area contributed by atoms with E-state index < -0.39 is 17.5 Å². The molecule has 0 radical (unpaired) electrons. The molecule has 102 valence electrons. The first-order valence-corrected chi connectivity index (χ1v) is 5.72. The Morgan fingerprint density at radius 2 is 1.95 bits per heavy atom. The van der Waals surface area contributed by atoms with Gasteiger partial charge in [0.2, 0.25) is 0 Å². The summed E-state index contributed by atoms with van der Waals surface area (Å²) in [5.41, 5.74) is 0.313. The number of aromatic carboxylic acids is 1. The first-order valence-electron chi connectivity index (χ1n) is 5.72. The first kappa shape index (κ1) is 13.5. The number of carbonyl (C=O) groups excluding carboxylic acids is 1. The van der Waals surface area contributed by atoms with Gasteiger partial charge in [-0.05, 0) is 24.6 Å². The summed E-state index contributed by atoms with van der Waals surface area (Å²) >= 11 is 0. The zero-order valence-corrected chi connectivity index (χ0v) is 10.5. The fourth-order valence-electron chi connectivity index (χ4n) is 1.74. The van der Waals surface area contributed by atoms with Gasteiger partial charge < -0.3 is 14.8 Å². The minimum atomic E-state index is -1.13. The van der Waals surface area contributed by atoms with Crippen LogP contribution in [0.3, 0.4) is 0 Å². The molecule has 2 rings (SSSR count). The lowest BCUT2D eigenvalue weighted by molar-refractivity contribution is 0.0697. The van der Waals surface area contributed by atoms with Gasteiger partial charge in [-0.15, -0.1) is 0 Å². The van der Waals surface area contributed by atoms with Crippen molar-refractivity contribution in [1.29, 1.82) is 0 Å². The van der Waals surface area contributed by atoms with Gasteiger partial charge in [-0.3, -0.25) is 4.79 Å². The van der Waals surface area contributed by atoms with E-state index >= 15 is 0 Å². The molecular weight excluding hydrogens is 262 g/mol. The van der Waals surface area contributed by atoms with Crippen molar-refractivity contribution in [1.82, 2.24) is 0 Å². The Hall–Kier alpha value is -2.89. The van der Waals surface area contributed by atoms with Gasteiger partial charge in [0, 0.05) is 6.07 Å². The van der Waals surface area contributed by atoms with Crippen molar-refractivity contribution in [2.24, 2.45) is 0 Å². The Kier molecular flexibility index (Phi) is 3.65. The average Bonchev–Trinajstić information content (AvgIpc) is 2.39. The molecule has 2 N–H and O–H groups in total. The zero-order chi connectivity index (χ0) is 14.7. The van der Waals surface area contributed by atoms with Gasteiger partial charge in [0.05, 0.1) is 16.8 Å². The van der Waals surface area contributed by atoms with E-state index in [0.717, 1.165) is 12.3 Å². The molecule has 6 nitrogen and oxygen atoms in total. The molecule has 0 spiro atoms. The van der Waals surface area contributed by atoms with Crippen LogP contribution < -0.4 is 10.9 Å². The molecule has 0 aliphatic heterocycles. The van der Waals surface area contributed by atoms with E-state index in [1.165, 1.54) is 12.1 Å². The van der Waals surface area contributed by atoms with Crippen LogP contribution in [-0.2, 0) is 0 Å². The topological polar surface area (TPSA) is 96.6 Å². The maximum absolute atomic E-state index is 11.9. The summed E-state index contributed by atoms with van der Waals surface area (Å²) in [5.74, 6) is -1.68. The summed E-state index contributed by atoms with van der Waals surface area (Å²) in [6.07, 6.45) is 1.02. The van der Waals surface area contributed by atoms with Crippen molar-refractivity contribution in [3.05, 3.63) is 63.7 Å². The van der Waals surface area contributed by atoms with Gasteiger partial charge in [-0.2, -0.15) is 0 Å². The van der Waals surface area contributed by atoms with Crippen LogP contribution in [-0.4, -0.2) is 17.0 Å². The third-order valence-corrected chi connectivity index (χ3v) is 2.70. The number of rotatable bonds is 3. The largest absolute Gasteiger partial charge is 0.478 e. The van der Waals surface area contributed by atoms with Gasteiger partial charge in [-0.25, -0.2) is 9.59 Å². The van der Waals surface area contributed by atoms with Crippen molar-refractivity contribution < 1.29 is 19.1 Å². The normalized spacial score (nSPS) is 10.1. The number of carboxylic acid groups (broad SMARTS) is 1. The molecule has 0 unspecified atom stereocenters. The van der Waals surface area contributed by atoms with Gasteiger partial charge in [-0.1, -0.05) is 12.1 Å². The molecule has 6 heteroatoms. The quantitative estimate of drug-likeness (QED) is 0.890. The number of carboxylic acids is 1. The van der Waals surface area contributed by atoms with Crippen LogP contribution in [0, 0.1) is 6.92 Å². The molecule has 0 saturated heterocycles. The molecule has 1 heterocycles. The van der Waals surface area contributed by atoms with Crippen LogP contribution in [0.4, 0.5) is 5.69 Å². The Balaban J connectivity index is 2.33. The predicted molar refractivity (Wildman–Crippen MR) is 71.1 cm³/mol. The fourth-order valence-corrected chi connectivity index (χ4v) is 1.74. The van der Waals surface area contributed by atoms with E-state index in [1.807, 2.05) is 0 Å². The van der Waals surface area contributed by atoms with E-state index in [2.05, 4.69) is 9.73 Å². The summed E-state index contributed by atoms with van der Waals surface area (Å²) in [6, 6.07) is 7.19. The van der Waals surface area contributed by atoms with Crippen LogP contribution in [0.15, 0.2) is 45.8 Å². The first-order chi connectivity index (χ1) is 9.49. The fraction of sp³-hybridized carbons (Fsp3) is 0.0714. The molecule has 1 aromatic carbocycles. The van der Waals surface area contributed by atoms with E-state index in [4.69, 9.17) is 5.11 Å². The molecule has 2 aromatic rings. The van der Waals surface area contributed by atoms with Crippen LogP contribution >= 0.6 is 0 Å². The smallest absolute Gasteiger partial charge is 0.338 e. The van der Waals surface area contributed by atoms with E-state index in [-0.39, 0.29) is 16.8 Å². The minimum Gasteiger partial charge on any atom is -0.478 e. The Bertz CT molecular complexity index is 712. The zero-order valence-electron chi connectivity index (χ0n) is 10.5. The van der Waals surface area contributed by atoms with Crippen LogP contribution in [0.2, 0.25) is 0 Å². The second-order valence-corrected chi connectivity index (χ2v) is 4.10. The number of hydrogen-bond acceptors (Lipinski definition) is 4. The summed E-state index contributed by atoms with van der Waals surface area (Å²) in [4.78, 5) is 34.0. The van der Waals surface area contributed by atoms with E-state index in [0.29, 0.717) is 5.56 Å². The number of benzene rings is 1. The molecule has 0 aliphatic carbocycles. The lowest BCUT2D eigenvalue weighted by Gasteiger charge is -2.10. The van der Waals surface area contributed by atoms with Crippen molar-refractivity contribution in [2.75, 3.05) is 5.32 Å².